The van der Waals surface area contributed by atoms with Crippen LogP contribution in [0.5, 0.6) is 0 Å². The van der Waals surface area contributed by atoms with Gasteiger partial charge in [-0.05, 0) is 12.1 Å². The Morgan fingerprint density at radius 3 is 3.00 bits per heavy atom. The largest absolute Gasteiger partial charge is 0.437 e. The van der Waals surface area contributed by atoms with E-state index in [2.05, 4.69) is 11.9 Å². The molecule has 1 aliphatic rings. The average Bonchev–Trinajstić information content (AvgIpc) is 2.16. The molecule has 0 saturated carbocycles. The van der Waals surface area contributed by atoms with Crippen LogP contribution in [-0.4, -0.2) is 6.09 Å². The van der Waals surface area contributed by atoms with Crippen molar-refractivity contribution >= 4 is 11.8 Å². The molecule has 3 nitrogen and oxygen atoms in total. The lowest BCUT2D eigenvalue weighted by Crippen LogP contribution is -2.23. The summed E-state index contributed by atoms with van der Waals surface area (Å²) in [6.45, 7) is 3.61. The quantitative estimate of drug-likeness (QED) is 0.666. The summed E-state index contributed by atoms with van der Waals surface area (Å²) >= 11 is 0. The first-order valence-corrected chi connectivity index (χ1v) is 4.00. The van der Waals surface area contributed by atoms with E-state index in [1.54, 1.807) is 6.08 Å². The van der Waals surface area contributed by atoms with Gasteiger partial charge in [0.05, 0.1) is 5.69 Å². The fraction of sp³-hybridized carbons (Fsp3) is 0.100. The lowest BCUT2D eigenvalue weighted by Gasteiger charge is -2.23. The van der Waals surface area contributed by atoms with Gasteiger partial charge in [0.25, 0.3) is 0 Å². The number of fused-ring (bicyclic) bond motifs is 1. The zero-order chi connectivity index (χ0) is 9.26. The Kier molecular flexibility index (Phi) is 1.77. The molecule has 0 aliphatic carbocycles. The molecule has 66 valence electrons. The molecule has 1 atom stereocenters. The van der Waals surface area contributed by atoms with E-state index in [0.717, 1.165) is 11.3 Å². The molecule has 1 amide bonds. The lowest BCUT2D eigenvalue weighted by molar-refractivity contribution is 0.130. The van der Waals surface area contributed by atoms with Crippen LogP contribution in [0.15, 0.2) is 36.9 Å². The zero-order valence-electron chi connectivity index (χ0n) is 6.99. The van der Waals surface area contributed by atoms with Gasteiger partial charge in [0.2, 0.25) is 0 Å². The van der Waals surface area contributed by atoms with Gasteiger partial charge in [0.15, 0.2) is 0 Å². The van der Waals surface area contributed by atoms with Crippen LogP contribution in [0.3, 0.4) is 0 Å². The van der Waals surface area contributed by atoms with Gasteiger partial charge in [-0.3, -0.25) is 5.32 Å². The van der Waals surface area contributed by atoms with E-state index in [4.69, 9.17) is 4.74 Å². The second-order valence-electron chi connectivity index (χ2n) is 2.77. The van der Waals surface area contributed by atoms with Crippen molar-refractivity contribution in [3.63, 3.8) is 0 Å². The highest BCUT2D eigenvalue weighted by Crippen LogP contribution is 2.30. The molecule has 0 spiro atoms. The van der Waals surface area contributed by atoms with Gasteiger partial charge in [-0.1, -0.05) is 24.8 Å². The van der Waals surface area contributed by atoms with E-state index < -0.39 is 6.09 Å². The van der Waals surface area contributed by atoms with Gasteiger partial charge in [0, 0.05) is 5.56 Å². The molecule has 0 saturated heterocycles. The average molecular weight is 175 g/mol. The number of carbonyl (C=O) groups excluding carboxylic acids is 1. The number of rotatable bonds is 1. The maximum absolute atomic E-state index is 11.0. The molecule has 1 N–H and O–H groups in total. The van der Waals surface area contributed by atoms with Crippen LogP contribution in [0, 0.1) is 0 Å². The topological polar surface area (TPSA) is 38.3 Å². The maximum atomic E-state index is 11.0. The number of amides is 1. The Bertz CT molecular complexity index is 360. The van der Waals surface area contributed by atoms with Crippen molar-refractivity contribution in [3.8, 4) is 0 Å². The van der Waals surface area contributed by atoms with Crippen LogP contribution in [0.4, 0.5) is 10.5 Å². The summed E-state index contributed by atoms with van der Waals surface area (Å²) in [5, 5.41) is 2.62. The number of ether oxygens (including phenoxy) is 1. The van der Waals surface area contributed by atoms with Gasteiger partial charge in [-0.2, -0.15) is 0 Å². The van der Waals surface area contributed by atoms with Gasteiger partial charge < -0.3 is 4.74 Å². The third-order valence-electron chi connectivity index (χ3n) is 1.95. The number of hydrogen-bond donors (Lipinski definition) is 1. The number of anilines is 1. The second-order valence-corrected chi connectivity index (χ2v) is 2.77. The van der Waals surface area contributed by atoms with Crippen molar-refractivity contribution in [2.24, 2.45) is 0 Å². The van der Waals surface area contributed by atoms with E-state index in [9.17, 15) is 4.79 Å². The van der Waals surface area contributed by atoms with Crippen molar-refractivity contribution < 1.29 is 9.53 Å². The molecule has 3 heteroatoms. The van der Waals surface area contributed by atoms with Crippen molar-refractivity contribution in [2.45, 2.75) is 6.10 Å². The highest BCUT2D eigenvalue weighted by Gasteiger charge is 2.22. The molecular formula is C10H9NO2. The van der Waals surface area contributed by atoms with Crippen LogP contribution >= 0.6 is 0 Å². The van der Waals surface area contributed by atoms with Gasteiger partial charge >= 0.3 is 6.09 Å². The van der Waals surface area contributed by atoms with E-state index in [1.165, 1.54) is 0 Å². The Morgan fingerprint density at radius 1 is 1.46 bits per heavy atom. The first kappa shape index (κ1) is 7.86. The van der Waals surface area contributed by atoms with Crippen molar-refractivity contribution in [2.75, 3.05) is 5.32 Å². The van der Waals surface area contributed by atoms with Crippen molar-refractivity contribution in [1.82, 2.24) is 0 Å². The minimum atomic E-state index is -0.427. The number of carbonyl (C=O) groups is 1. The van der Waals surface area contributed by atoms with E-state index in [1.807, 2.05) is 24.3 Å². The Morgan fingerprint density at radius 2 is 2.23 bits per heavy atom. The standard InChI is InChI=1S/C10H9NO2/c1-2-9-7-5-3-4-6-8(7)11-10(12)13-9/h2-6,9H,1H2,(H,11,12). The van der Waals surface area contributed by atoms with Crippen molar-refractivity contribution in [1.29, 1.82) is 0 Å². The summed E-state index contributed by atoms with van der Waals surface area (Å²) in [6.07, 6.45) is 0.853. The smallest absolute Gasteiger partial charge is 0.412 e. The van der Waals surface area contributed by atoms with Crippen LogP contribution in [0.2, 0.25) is 0 Å². The molecule has 1 unspecified atom stereocenters. The van der Waals surface area contributed by atoms with Gasteiger partial charge in [0.1, 0.15) is 6.10 Å². The highest BCUT2D eigenvalue weighted by molar-refractivity contribution is 5.88. The SMILES string of the molecule is C=CC1OC(=O)Nc2ccccc21. The van der Waals surface area contributed by atoms with Crippen LogP contribution < -0.4 is 5.32 Å². The Hall–Kier alpha value is -1.77. The number of hydrogen-bond acceptors (Lipinski definition) is 2. The summed E-state index contributed by atoms with van der Waals surface area (Å²) < 4.78 is 4.99. The summed E-state index contributed by atoms with van der Waals surface area (Å²) in [5.74, 6) is 0. The van der Waals surface area contributed by atoms with Gasteiger partial charge in [-0.25, -0.2) is 4.79 Å². The molecule has 0 bridgehead atoms. The molecule has 0 fully saturated rings. The minimum absolute atomic E-state index is 0.329. The van der Waals surface area contributed by atoms with Crippen LogP contribution in [0.25, 0.3) is 0 Å². The number of nitrogens with one attached hydrogen (secondary N) is 1. The Balaban J connectivity index is 2.48. The van der Waals surface area contributed by atoms with Gasteiger partial charge in [-0.15, -0.1) is 0 Å². The second kappa shape index (κ2) is 2.94. The monoisotopic (exact) mass is 175 g/mol. The maximum Gasteiger partial charge on any atom is 0.412 e. The molecule has 2 rings (SSSR count). The lowest BCUT2D eigenvalue weighted by atomic mass is 10.1. The number of para-hydroxylation sites is 1. The van der Waals surface area contributed by atoms with E-state index in [-0.39, 0.29) is 6.10 Å². The number of benzene rings is 1. The molecule has 1 aromatic carbocycles. The summed E-state index contributed by atoms with van der Waals surface area (Å²) in [6, 6.07) is 7.51. The summed E-state index contributed by atoms with van der Waals surface area (Å²) in [4.78, 5) is 11.0. The van der Waals surface area contributed by atoms with Crippen LogP contribution in [0.1, 0.15) is 11.7 Å². The van der Waals surface area contributed by atoms with E-state index in [0.29, 0.717) is 0 Å². The summed E-state index contributed by atoms with van der Waals surface area (Å²) in [5.41, 5.74) is 1.74. The molecule has 0 radical (unpaired) electrons. The zero-order valence-corrected chi connectivity index (χ0v) is 6.99. The first-order valence-electron chi connectivity index (χ1n) is 4.00. The van der Waals surface area contributed by atoms with Crippen LogP contribution in [-0.2, 0) is 4.74 Å². The first-order chi connectivity index (χ1) is 6.31. The molecule has 0 aromatic heterocycles. The van der Waals surface area contributed by atoms with Crippen molar-refractivity contribution in [3.05, 3.63) is 42.5 Å². The Labute approximate surface area is 76.0 Å². The third-order valence-corrected chi connectivity index (χ3v) is 1.95. The molecule has 1 heterocycles. The fourth-order valence-electron chi connectivity index (χ4n) is 1.35. The highest BCUT2D eigenvalue weighted by atomic mass is 16.6. The molecule has 1 aromatic rings. The third kappa shape index (κ3) is 1.28. The number of cyclic esters (lactones) is 1. The predicted molar refractivity (Wildman–Crippen MR) is 49.5 cm³/mol. The van der Waals surface area contributed by atoms with E-state index >= 15 is 0 Å². The predicted octanol–water partition coefficient (Wildman–Crippen LogP) is 2.48. The fourth-order valence-corrected chi connectivity index (χ4v) is 1.35. The minimum Gasteiger partial charge on any atom is -0.437 e. The molecule has 1 aliphatic heterocycles. The molecule has 13 heavy (non-hydrogen) atoms. The molecular weight excluding hydrogens is 166 g/mol. The summed E-state index contributed by atoms with van der Waals surface area (Å²) in [7, 11) is 0. The normalized spacial score (nSPS) is 19.7.